The smallest absolute Gasteiger partial charge is 0.338 e. The van der Waals surface area contributed by atoms with Gasteiger partial charge in [-0.1, -0.05) is 25.1 Å². The van der Waals surface area contributed by atoms with Crippen LogP contribution in [-0.4, -0.2) is 37.5 Å². The number of hydrogen-bond acceptors (Lipinski definition) is 5. The number of imidazole rings is 1. The number of aryl methyl sites for hydroxylation is 1. The number of carbonyl (C=O) groups is 2. The number of nitrogens with zero attached hydrogens (tertiary/aromatic N) is 3. The maximum absolute atomic E-state index is 13.7. The van der Waals surface area contributed by atoms with Gasteiger partial charge in [-0.15, -0.1) is 0 Å². The molecule has 1 atom stereocenters. The first kappa shape index (κ1) is 22.2. The molecule has 0 amide bonds. The third-order valence-corrected chi connectivity index (χ3v) is 6.95. The van der Waals surface area contributed by atoms with Crippen molar-refractivity contribution in [3.8, 4) is 11.4 Å². The molecule has 180 valence electrons. The molecule has 0 spiro atoms. The number of pyridine rings is 1. The van der Waals surface area contributed by atoms with Crippen molar-refractivity contribution in [1.82, 2.24) is 19.5 Å². The molecular formula is C29H26N4O3. The predicted octanol–water partition coefficient (Wildman–Crippen LogP) is 5.73. The van der Waals surface area contributed by atoms with Crippen molar-refractivity contribution in [2.75, 3.05) is 0 Å². The first-order valence-electron chi connectivity index (χ1n) is 12.4. The average Bonchev–Trinajstić information content (AvgIpc) is 3.51. The lowest BCUT2D eigenvalue weighted by Crippen LogP contribution is -2.32. The quantitative estimate of drug-likeness (QED) is 0.326. The van der Waals surface area contributed by atoms with Gasteiger partial charge in [0.05, 0.1) is 22.1 Å². The highest BCUT2D eigenvalue weighted by molar-refractivity contribution is 6.00. The minimum absolute atomic E-state index is 0.188. The van der Waals surface area contributed by atoms with Crippen LogP contribution >= 0.6 is 0 Å². The van der Waals surface area contributed by atoms with Crippen LogP contribution in [0.15, 0.2) is 67.0 Å². The van der Waals surface area contributed by atoms with Crippen LogP contribution in [0.1, 0.15) is 52.6 Å². The van der Waals surface area contributed by atoms with Crippen LogP contribution in [0.2, 0.25) is 0 Å². The maximum Gasteiger partial charge on any atom is 0.338 e. The summed E-state index contributed by atoms with van der Waals surface area (Å²) >= 11 is 0. The number of ether oxygens (including phenoxy) is 1. The summed E-state index contributed by atoms with van der Waals surface area (Å²) in [6.45, 7) is 1.87. The Balaban J connectivity index is 1.29. The number of para-hydroxylation sites is 1. The van der Waals surface area contributed by atoms with Gasteiger partial charge in [0.1, 0.15) is 5.82 Å². The van der Waals surface area contributed by atoms with Gasteiger partial charge < -0.3 is 9.72 Å². The molecule has 2 aromatic carbocycles. The summed E-state index contributed by atoms with van der Waals surface area (Å²) in [7, 11) is 0. The zero-order valence-electron chi connectivity index (χ0n) is 20.0. The molecule has 0 radical (unpaired) electrons. The fourth-order valence-corrected chi connectivity index (χ4v) is 5.17. The fraction of sp³-hybridized carbons (Fsp3) is 0.241. The van der Waals surface area contributed by atoms with E-state index in [0.717, 1.165) is 53.4 Å². The van der Waals surface area contributed by atoms with Gasteiger partial charge in [0.2, 0.25) is 0 Å². The molecule has 0 saturated carbocycles. The molecule has 1 aliphatic rings. The SMILES string of the molecule is CCC(OC(=O)c1ccc2nc(-c3cccnc3)[nH]c2c1)C(=O)n1c2c(c3ccccc31)CCCC2. The standard InChI is InChI=1S/C29H26N4O3/c1-2-26(28(34)33-24-11-5-3-9-20(24)21-10-4-6-12-25(21)33)36-29(35)18-13-14-22-23(16-18)32-27(31-22)19-8-7-15-30-17-19/h3,5,7-9,11,13-17,26H,2,4,6,10,12H2,1H3,(H,31,32). The molecule has 5 aromatic rings. The third kappa shape index (κ3) is 3.77. The summed E-state index contributed by atoms with van der Waals surface area (Å²) in [6, 6.07) is 17.0. The van der Waals surface area contributed by atoms with E-state index >= 15 is 0 Å². The van der Waals surface area contributed by atoms with E-state index in [2.05, 4.69) is 21.0 Å². The molecule has 1 unspecified atom stereocenters. The Bertz CT molecular complexity index is 1600. The number of aromatic nitrogens is 4. The molecule has 7 heteroatoms. The molecule has 3 aromatic heterocycles. The Morgan fingerprint density at radius 1 is 1.08 bits per heavy atom. The second-order valence-electron chi connectivity index (χ2n) is 9.18. The van der Waals surface area contributed by atoms with Crippen LogP contribution in [0.25, 0.3) is 33.3 Å². The number of H-pyrrole nitrogens is 1. The maximum atomic E-state index is 13.7. The van der Waals surface area contributed by atoms with Crippen LogP contribution in [0, 0.1) is 0 Å². The molecule has 0 bridgehead atoms. The molecule has 1 N–H and O–H groups in total. The van der Waals surface area contributed by atoms with Gasteiger partial charge in [0.15, 0.2) is 6.10 Å². The normalized spacial score (nSPS) is 14.0. The summed E-state index contributed by atoms with van der Waals surface area (Å²) in [5.74, 6) is -0.0406. The van der Waals surface area contributed by atoms with Crippen molar-refractivity contribution in [1.29, 1.82) is 0 Å². The monoisotopic (exact) mass is 478 g/mol. The second-order valence-corrected chi connectivity index (χ2v) is 9.18. The van der Waals surface area contributed by atoms with E-state index in [9.17, 15) is 9.59 Å². The highest BCUT2D eigenvalue weighted by Gasteiger charge is 2.29. The number of hydrogen-bond donors (Lipinski definition) is 1. The van der Waals surface area contributed by atoms with Gasteiger partial charge in [-0.3, -0.25) is 14.3 Å². The molecule has 7 nitrogen and oxygen atoms in total. The van der Waals surface area contributed by atoms with E-state index in [1.807, 2.05) is 37.3 Å². The van der Waals surface area contributed by atoms with Crippen molar-refractivity contribution in [3.63, 3.8) is 0 Å². The zero-order chi connectivity index (χ0) is 24.6. The van der Waals surface area contributed by atoms with Crippen LogP contribution in [0.5, 0.6) is 0 Å². The Morgan fingerprint density at radius 3 is 2.78 bits per heavy atom. The van der Waals surface area contributed by atoms with Gasteiger partial charge >= 0.3 is 5.97 Å². The number of esters is 1. The van der Waals surface area contributed by atoms with Gasteiger partial charge in [0, 0.05) is 29.0 Å². The molecule has 6 rings (SSSR count). The van der Waals surface area contributed by atoms with Crippen LogP contribution < -0.4 is 0 Å². The molecule has 3 heterocycles. The van der Waals surface area contributed by atoms with Gasteiger partial charge in [-0.2, -0.15) is 0 Å². The second kappa shape index (κ2) is 9.07. The molecule has 0 saturated heterocycles. The van der Waals surface area contributed by atoms with Gasteiger partial charge in [0.25, 0.3) is 5.91 Å². The fourth-order valence-electron chi connectivity index (χ4n) is 5.17. The van der Waals surface area contributed by atoms with Crippen molar-refractivity contribution in [2.45, 2.75) is 45.1 Å². The Labute approximate surface area is 208 Å². The highest BCUT2D eigenvalue weighted by atomic mass is 16.5. The topological polar surface area (TPSA) is 89.9 Å². The molecule has 0 fully saturated rings. The molecular weight excluding hydrogens is 452 g/mol. The lowest BCUT2D eigenvalue weighted by molar-refractivity contribution is 0.0241. The minimum atomic E-state index is -0.872. The predicted molar refractivity (Wildman–Crippen MR) is 138 cm³/mol. The molecule has 1 aliphatic carbocycles. The van der Waals surface area contributed by atoms with E-state index in [1.165, 1.54) is 5.56 Å². The largest absolute Gasteiger partial charge is 0.449 e. The Hall–Kier alpha value is -4.26. The third-order valence-electron chi connectivity index (χ3n) is 6.95. The number of carbonyl (C=O) groups excluding carboxylic acids is 2. The summed E-state index contributed by atoms with van der Waals surface area (Å²) in [4.78, 5) is 38.8. The van der Waals surface area contributed by atoms with Crippen LogP contribution in [0.4, 0.5) is 0 Å². The number of nitrogens with one attached hydrogen (secondary N) is 1. The first-order chi connectivity index (χ1) is 17.6. The lowest BCUT2D eigenvalue weighted by atomic mass is 9.95. The number of rotatable bonds is 5. The highest BCUT2D eigenvalue weighted by Crippen LogP contribution is 2.33. The van der Waals surface area contributed by atoms with E-state index in [-0.39, 0.29) is 5.91 Å². The average molecular weight is 479 g/mol. The molecule has 0 aliphatic heterocycles. The summed E-state index contributed by atoms with van der Waals surface area (Å²) in [5.41, 5.74) is 5.88. The number of benzene rings is 2. The van der Waals surface area contributed by atoms with Crippen molar-refractivity contribution >= 4 is 33.8 Å². The summed E-state index contributed by atoms with van der Waals surface area (Å²) < 4.78 is 7.59. The van der Waals surface area contributed by atoms with Gasteiger partial charge in [-0.05, 0) is 74.1 Å². The number of fused-ring (bicyclic) bond motifs is 4. The van der Waals surface area contributed by atoms with E-state index < -0.39 is 12.1 Å². The first-order valence-corrected chi connectivity index (χ1v) is 12.4. The summed E-state index contributed by atoms with van der Waals surface area (Å²) in [6.07, 6.45) is 6.96. The van der Waals surface area contributed by atoms with Crippen LogP contribution in [0.3, 0.4) is 0 Å². The van der Waals surface area contributed by atoms with E-state index in [1.54, 1.807) is 35.2 Å². The van der Waals surface area contributed by atoms with Crippen LogP contribution in [-0.2, 0) is 17.6 Å². The zero-order valence-corrected chi connectivity index (χ0v) is 20.0. The molecule has 36 heavy (non-hydrogen) atoms. The lowest BCUT2D eigenvalue weighted by Gasteiger charge is -2.20. The van der Waals surface area contributed by atoms with Gasteiger partial charge in [-0.25, -0.2) is 9.78 Å². The van der Waals surface area contributed by atoms with E-state index in [4.69, 9.17) is 4.74 Å². The van der Waals surface area contributed by atoms with E-state index in [0.29, 0.717) is 23.3 Å². The summed E-state index contributed by atoms with van der Waals surface area (Å²) in [5, 5.41) is 1.12. The number of aromatic amines is 1. The van der Waals surface area contributed by atoms with Crippen molar-refractivity contribution < 1.29 is 14.3 Å². The minimum Gasteiger partial charge on any atom is -0.449 e. The Morgan fingerprint density at radius 2 is 1.94 bits per heavy atom. The van der Waals surface area contributed by atoms with Crippen molar-refractivity contribution in [3.05, 3.63) is 83.8 Å². The Kier molecular flexibility index (Phi) is 5.60. The van der Waals surface area contributed by atoms with Crippen molar-refractivity contribution in [2.24, 2.45) is 0 Å².